The summed E-state index contributed by atoms with van der Waals surface area (Å²) in [4.78, 5) is 5.61. The highest BCUT2D eigenvalue weighted by molar-refractivity contribution is 9.10. The molecule has 88 valence electrons. The van der Waals surface area contributed by atoms with Gasteiger partial charge in [-0.25, -0.2) is 0 Å². The van der Waals surface area contributed by atoms with E-state index < -0.39 is 0 Å². The van der Waals surface area contributed by atoms with Crippen molar-refractivity contribution < 1.29 is 0 Å². The van der Waals surface area contributed by atoms with Crippen LogP contribution in [0, 0.1) is 0 Å². The Hall–Kier alpha value is -0.480. The highest BCUT2D eigenvalue weighted by Gasteiger charge is 2.08. The van der Waals surface area contributed by atoms with Gasteiger partial charge in [-0.1, -0.05) is 15.9 Å². The zero-order valence-corrected chi connectivity index (χ0v) is 12.2. The number of aliphatic imine (C=N–C) groups is 1. The Morgan fingerprint density at radius 2 is 1.88 bits per heavy atom. The molecule has 0 heterocycles. The summed E-state index contributed by atoms with van der Waals surface area (Å²) in [5.74, 6) is 1.43. The fourth-order valence-corrected chi connectivity index (χ4v) is 2.12. The third kappa shape index (κ3) is 5.56. The van der Waals surface area contributed by atoms with Crippen LogP contribution in [0.3, 0.4) is 0 Å². The molecule has 0 bridgehead atoms. The Balaban J connectivity index is 2.52. The second-order valence-electron chi connectivity index (χ2n) is 4.52. The van der Waals surface area contributed by atoms with Crippen molar-refractivity contribution in [3.8, 4) is 0 Å². The van der Waals surface area contributed by atoms with Crippen LogP contribution in [0.2, 0.25) is 0 Å². The first-order chi connectivity index (χ1) is 7.37. The minimum Gasteiger partial charge on any atom is -0.387 e. The standard InChI is InChI=1S/C12H17BrN2S/c1-12(2,3)15-11(14)8-16-10-6-4-9(13)5-7-10/h4-7H,8H2,1-3H3,(H2,14,15). The Morgan fingerprint density at radius 1 is 1.31 bits per heavy atom. The van der Waals surface area contributed by atoms with Gasteiger partial charge in [0.1, 0.15) is 5.84 Å². The quantitative estimate of drug-likeness (QED) is 0.525. The maximum atomic E-state index is 5.86. The molecular formula is C12H17BrN2S. The van der Waals surface area contributed by atoms with Gasteiger partial charge in [-0.3, -0.25) is 4.99 Å². The zero-order chi connectivity index (χ0) is 12.2. The van der Waals surface area contributed by atoms with Crippen LogP contribution >= 0.6 is 27.7 Å². The number of nitrogens with zero attached hydrogens (tertiary/aromatic N) is 1. The predicted molar refractivity (Wildman–Crippen MR) is 76.2 cm³/mol. The average molecular weight is 301 g/mol. The number of rotatable bonds is 3. The first-order valence-electron chi connectivity index (χ1n) is 5.09. The van der Waals surface area contributed by atoms with E-state index in [9.17, 15) is 0 Å². The minimum absolute atomic E-state index is 0.0929. The molecule has 4 heteroatoms. The van der Waals surface area contributed by atoms with Gasteiger partial charge in [-0.05, 0) is 45.0 Å². The summed E-state index contributed by atoms with van der Waals surface area (Å²) >= 11 is 5.11. The van der Waals surface area contributed by atoms with Crippen LogP contribution in [0.1, 0.15) is 20.8 Å². The minimum atomic E-state index is -0.0929. The van der Waals surface area contributed by atoms with Crippen molar-refractivity contribution in [3.63, 3.8) is 0 Å². The average Bonchev–Trinajstić information content (AvgIpc) is 2.14. The van der Waals surface area contributed by atoms with Gasteiger partial charge in [0.15, 0.2) is 0 Å². The van der Waals surface area contributed by atoms with E-state index in [0.717, 1.165) is 10.2 Å². The molecule has 1 aromatic rings. The lowest BCUT2D eigenvalue weighted by Crippen LogP contribution is -2.22. The van der Waals surface area contributed by atoms with Crippen molar-refractivity contribution in [2.45, 2.75) is 31.2 Å². The Labute approximate surface area is 110 Å². The summed E-state index contributed by atoms with van der Waals surface area (Å²) in [5, 5.41) is 0. The summed E-state index contributed by atoms with van der Waals surface area (Å²) in [6, 6.07) is 8.19. The predicted octanol–water partition coefficient (Wildman–Crippen LogP) is 3.70. The van der Waals surface area contributed by atoms with E-state index in [4.69, 9.17) is 5.73 Å². The van der Waals surface area contributed by atoms with E-state index in [1.807, 2.05) is 32.9 Å². The molecular weight excluding hydrogens is 284 g/mol. The fourth-order valence-electron chi connectivity index (χ4n) is 1.15. The topological polar surface area (TPSA) is 38.4 Å². The van der Waals surface area contributed by atoms with E-state index in [0.29, 0.717) is 5.84 Å². The van der Waals surface area contributed by atoms with Crippen molar-refractivity contribution in [2.24, 2.45) is 10.7 Å². The van der Waals surface area contributed by atoms with Gasteiger partial charge in [0.2, 0.25) is 0 Å². The summed E-state index contributed by atoms with van der Waals surface area (Å²) in [7, 11) is 0. The SMILES string of the molecule is CC(C)(C)N=C(N)CSc1ccc(Br)cc1. The summed E-state index contributed by atoms with van der Waals surface area (Å²) in [6.45, 7) is 6.14. The summed E-state index contributed by atoms with van der Waals surface area (Å²) < 4.78 is 1.09. The van der Waals surface area contributed by atoms with Crippen molar-refractivity contribution in [1.82, 2.24) is 0 Å². The molecule has 0 unspecified atom stereocenters. The molecule has 0 saturated heterocycles. The van der Waals surface area contributed by atoms with Crippen molar-refractivity contribution in [2.75, 3.05) is 5.75 Å². The number of hydrogen-bond donors (Lipinski definition) is 1. The maximum absolute atomic E-state index is 5.86. The maximum Gasteiger partial charge on any atom is 0.105 e. The Kier molecular flexibility index (Phi) is 4.87. The molecule has 16 heavy (non-hydrogen) atoms. The van der Waals surface area contributed by atoms with E-state index in [1.165, 1.54) is 4.90 Å². The van der Waals surface area contributed by atoms with Crippen LogP contribution < -0.4 is 5.73 Å². The smallest absolute Gasteiger partial charge is 0.105 e. The number of benzene rings is 1. The molecule has 0 fully saturated rings. The molecule has 0 aromatic heterocycles. The van der Waals surface area contributed by atoms with Gasteiger partial charge in [-0.15, -0.1) is 11.8 Å². The van der Waals surface area contributed by atoms with Crippen molar-refractivity contribution in [3.05, 3.63) is 28.7 Å². The van der Waals surface area contributed by atoms with E-state index >= 15 is 0 Å². The molecule has 0 spiro atoms. The molecule has 1 aromatic carbocycles. The van der Waals surface area contributed by atoms with Crippen LogP contribution in [-0.4, -0.2) is 17.1 Å². The number of thioether (sulfide) groups is 1. The largest absolute Gasteiger partial charge is 0.387 e. The molecule has 1 rings (SSSR count). The van der Waals surface area contributed by atoms with E-state index in [2.05, 4.69) is 33.1 Å². The van der Waals surface area contributed by atoms with E-state index in [-0.39, 0.29) is 5.54 Å². The lowest BCUT2D eigenvalue weighted by Gasteiger charge is -2.13. The normalized spacial score (nSPS) is 12.9. The second-order valence-corrected chi connectivity index (χ2v) is 6.48. The Morgan fingerprint density at radius 3 is 2.38 bits per heavy atom. The van der Waals surface area contributed by atoms with Gasteiger partial charge >= 0.3 is 0 Å². The van der Waals surface area contributed by atoms with Gasteiger partial charge in [0.05, 0.1) is 11.3 Å². The molecule has 0 atom stereocenters. The molecule has 0 amide bonds. The third-order valence-corrected chi connectivity index (χ3v) is 3.25. The van der Waals surface area contributed by atoms with Gasteiger partial charge in [-0.2, -0.15) is 0 Å². The molecule has 2 N–H and O–H groups in total. The number of nitrogens with two attached hydrogens (primary N) is 1. The van der Waals surface area contributed by atoms with Crippen LogP contribution in [-0.2, 0) is 0 Å². The molecule has 0 saturated carbocycles. The Bertz CT molecular complexity index is 366. The van der Waals surface area contributed by atoms with Crippen molar-refractivity contribution in [1.29, 1.82) is 0 Å². The highest BCUT2D eigenvalue weighted by Crippen LogP contribution is 2.20. The highest BCUT2D eigenvalue weighted by atomic mass is 79.9. The molecule has 0 aliphatic heterocycles. The van der Waals surface area contributed by atoms with Gasteiger partial charge in [0, 0.05) is 9.37 Å². The van der Waals surface area contributed by atoms with Gasteiger partial charge in [0.25, 0.3) is 0 Å². The van der Waals surface area contributed by atoms with Crippen LogP contribution in [0.4, 0.5) is 0 Å². The first-order valence-corrected chi connectivity index (χ1v) is 6.87. The zero-order valence-electron chi connectivity index (χ0n) is 9.83. The van der Waals surface area contributed by atoms with Gasteiger partial charge < -0.3 is 5.73 Å². The summed E-state index contributed by atoms with van der Waals surface area (Å²) in [6.07, 6.45) is 0. The fraction of sp³-hybridized carbons (Fsp3) is 0.417. The second kappa shape index (κ2) is 5.73. The lowest BCUT2D eigenvalue weighted by atomic mass is 10.1. The third-order valence-electron chi connectivity index (χ3n) is 1.68. The number of amidine groups is 1. The monoisotopic (exact) mass is 300 g/mol. The molecule has 0 aliphatic carbocycles. The van der Waals surface area contributed by atoms with Crippen LogP contribution in [0.15, 0.2) is 38.6 Å². The van der Waals surface area contributed by atoms with Crippen LogP contribution in [0.5, 0.6) is 0 Å². The molecule has 0 aliphatic rings. The van der Waals surface area contributed by atoms with Crippen LogP contribution in [0.25, 0.3) is 0 Å². The molecule has 2 nitrogen and oxygen atoms in total. The lowest BCUT2D eigenvalue weighted by molar-refractivity contribution is 0.583. The number of halogens is 1. The van der Waals surface area contributed by atoms with E-state index in [1.54, 1.807) is 11.8 Å². The molecule has 0 radical (unpaired) electrons. The summed E-state index contributed by atoms with van der Waals surface area (Å²) in [5.41, 5.74) is 5.76. The van der Waals surface area contributed by atoms with Crippen molar-refractivity contribution >= 4 is 33.5 Å². The first kappa shape index (κ1) is 13.6. The number of hydrogen-bond acceptors (Lipinski definition) is 2.